The average molecular weight is 365 g/mol. The number of halogens is 2. The van der Waals surface area contributed by atoms with Gasteiger partial charge in [0.05, 0.1) is 5.56 Å². The highest BCUT2D eigenvalue weighted by molar-refractivity contribution is 9.10. The van der Waals surface area contributed by atoms with Crippen molar-refractivity contribution in [2.75, 3.05) is 6.54 Å². The van der Waals surface area contributed by atoms with Crippen LogP contribution in [0, 0.1) is 0 Å². The van der Waals surface area contributed by atoms with E-state index in [-0.39, 0.29) is 16.5 Å². The number of carbonyl (C=O) groups excluding carboxylic acids is 1. The van der Waals surface area contributed by atoms with Gasteiger partial charge in [0, 0.05) is 15.8 Å². The van der Waals surface area contributed by atoms with Gasteiger partial charge in [0.15, 0.2) is 0 Å². The highest BCUT2D eigenvalue weighted by atomic mass is 79.9. The van der Waals surface area contributed by atoms with Crippen molar-refractivity contribution < 1.29 is 9.90 Å². The Morgan fingerprint density at radius 2 is 2.24 bits per heavy atom. The minimum Gasteiger partial charge on any atom is -0.507 e. The van der Waals surface area contributed by atoms with Gasteiger partial charge in [-0.2, -0.15) is 0 Å². The van der Waals surface area contributed by atoms with Crippen LogP contribution in [-0.4, -0.2) is 22.4 Å². The Balaban J connectivity index is 2.58. The maximum Gasteiger partial charge on any atom is 0.255 e. The van der Waals surface area contributed by atoms with Gasteiger partial charge >= 0.3 is 0 Å². The summed E-state index contributed by atoms with van der Waals surface area (Å²) in [5, 5.41) is 12.4. The zero-order valence-electron chi connectivity index (χ0n) is 9.54. The Labute approximate surface area is 118 Å². The van der Waals surface area contributed by atoms with Crippen molar-refractivity contribution in [2.24, 2.45) is 0 Å². The van der Waals surface area contributed by atoms with Crippen molar-refractivity contribution >= 4 is 37.8 Å². The van der Waals surface area contributed by atoms with Crippen molar-refractivity contribution in [3.8, 4) is 5.75 Å². The first-order valence-corrected chi connectivity index (χ1v) is 7.16. The molecule has 1 unspecified atom stereocenters. The minimum atomic E-state index is -0.254. The second kappa shape index (κ2) is 7.01. The number of phenolic OH excluding ortho intramolecular Hbond substituents is 1. The number of hydrogen-bond acceptors (Lipinski definition) is 2. The van der Waals surface area contributed by atoms with E-state index in [2.05, 4.69) is 44.1 Å². The van der Waals surface area contributed by atoms with Crippen molar-refractivity contribution in [1.82, 2.24) is 5.32 Å². The number of rotatable bonds is 5. The number of amides is 1. The number of benzene rings is 1. The molecule has 0 aromatic heterocycles. The lowest BCUT2D eigenvalue weighted by atomic mass is 10.2. The molecule has 0 saturated heterocycles. The molecule has 2 N–H and O–H groups in total. The monoisotopic (exact) mass is 363 g/mol. The van der Waals surface area contributed by atoms with E-state index in [1.807, 2.05) is 0 Å². The lowest BCUT2D eigenvalue weighted by molar-refractivity contribution is 0.0951. The van der Waals surface area contributed by atoms with Gasteiger partial charge in [-0.3, -0.25) is 4.79 Å². The summed E-state index contributed by atoms with van der Waals surface area (Å²) in [5.41, 5.74) is 0.296. The Hall–Kier alpha value is -0.550. The Morgan fingerprint density at radius 3 is 2.82 bits per heavy atom. The molecule has 0 saturated carbocycles. The molecule has 0 aliphatic carbocycles. The molecular formula is C12H15Br2NO2. The number of aromatic hydroxyl groups is 1. The molecule has 0 radical (unpaired) electrons. The standard InChI is InChI=1S/C12H15Br2NO2/c1-2-3-9(14)7-15-12(17)10-5-4-8(13)6-11(10)16/h4-6,9,16H,2-3,7H2,1H3,(H,15,17). The molecule has 1 aromatic rings. The Kier molecular flexibility index (Phi) is 5.98. The molecule has 17 heavy (non-hydrogen) atoms. The first-order chi connectivity index (χ1) is 8.04. The molecule has 1 atom stereocenters. The zero-order valence-corrected chi connectivity index (χ0v) is 12.7. The topological polar surface area (TPSA) is 49.3 Å². The number of nitrogens with one attached hydrogen (secondary N) is 1. The van der Waals surface area contributed by atoms with Gasteiger partial charge in [-0.1, -0.05) is 45.2 Å². The summed E-state index contributed by atoms with van der Waals surface area (Å²) in [6, 6.07) is 4.83. The third-order valence-electron chi connectivity index (χ3n) is 2.29. The fraction of sp³-hybridized carbons (Fsp3) is 0.417. The molecule has 0 fully saturated rings. The van der Waals surface area contributed by atoms with Crippen LogP contribution in [0.5, 0.6) is 5.75 Å². The summed E-state index contributed by atoms with van der Waals surface area (Å²) in [7, 11) is 0. The van der Waals surface area contributed by atoms with Crippen molar-refractivity contribution in [1.29, 1.82) is 0 Å². The van der Waals surface area contributed by atoms with Gasteiger partial charge in [0.25, 0.3) is 5.91 Å². The number of phenols is 1. The van der Waals surface area contributed by atoms with E-state index in [1.54, 1.807) is 12.1 Å². The molecule has 0 spiro atoms. The van der Waals surface area contributed by atoms with Gasteiger partial charge in [-0.05, 0) is 24.6 Å². The van der Waals surface area contributed by atoms with Crippen LogP contribution >= 0.6 is 31.9 Å². The third kappa shape index (κ3) is 4.68. The van der Waals surface area contributed by atoms with Gasteiger partial charge in [0.2, 0.25) is 0 Å². The third-order valence-corrected chi connectivity index (χ3v) is 3.57. The van der Waals surface area contributed by atoms with Gasteiger partial charge in [0.1, 0.15) is 5.75 Å². The summed E-state index contributed by atoms with van der Waals surface area (Å²) in [6.07, 6.45) is 2.07. The molecule has 1 aromatic carbocycles. The summed E-state index contributed by atoms with van der Waals surface area (Å²) >= 11 is 6.71. The van der Waals surface area contributed by atoms with E-state index in [0.29, 0.717) is 12.1 Å². The minimum absolute atomic E-state index is 0.0153. The van der Waals surface area contributed by atoms with Crippen LogP contribution in [0.1, 0.15) is 30.1 Å². The molecule has 0 aliphatic rings. The predicted octanol–water partition coefficient (Wildman–Crippen LogP) is 3.45. The maximum atomic E-state index is 11.8. The summed E-state index contributed by atoms with van der Waals surface area (Å²) in [5.74, 6) is -0.269. The van der Waals surface area contributed by atoms with Crippen LogP contribution in [0.4, 0.5) is 0 Å². The van der Waals surface area contributed by atoms with E-state index >= 15 is 0 Å². The zero-order chi connectivity index (χ0) is 12.8. The molecule has 5 heteroatoms. The highest BCUT2D eigenvalue weighted by Gasteiger charge is 2.12. The predicted molar refractivity (Wildman–Crippen MR) is 75.8 cm³/mol. The molecule has 0 aliphatic heterocycles. The van der Waals surface area contributed by atoms with Gasteiger partial charge in [-0.15, -0.1) is 0 Å². The van der Waals surface area contributed by atoms with Crippen LogP contribution in [-0.2, 0) is 0 Å². The second-order valence-electron chi connectivity index (χ2n) is 3.76. The first-order valence-electron chi connectivity index (χ1n) is 5.45. The number of hydrogen-bond donors (Lipinski definition) is 2. The normalized spacial score (nSPS) is 12.2. The lowest BCUT2D eigenvalue weighted by Crippen LogP contribution is -2.29. The van der Waals surface area contributed by atoms with Gasteiger partial charge < -0.3 is 10.4 Å². The largest absolute Gasteiger partial charge is 0.507 e. The van der Waals surface area contributed by atoms with E-state index in [4.69, 9.17) is 0 Å². The summed E-state index contributed by atoms with van der Waals surface area (Å²) < 4.78 is 0.746. The smallest absolute Gasteiger partial charge is 0.255 e. The van der Waals surface area contributed by atoms with Crippen LogP contribution in [0.3, 0.4) is 0 Å². The Morgan fingerprint density at radius 1 is 1.53 bits per heavy atom. The lowest BCUT2D eigenvalue weighted by Gasteiger charge is -2.10. The van der Waals surface area contributed by atoms with E-state index < -0.39 is 0 Å². The highest BCUT2D eigenvalue weighted by Crippen LogP contribution is 2.22. The van der Waals surface area contributed by atoms with E-state index in [9.17, 15) is 9.90 Å². The summed E-state index contributed by atoms with van der Waals surface area (Å²) in [6.45, 7) is 2.65. The Bertz CT molecular complexity index is 396. The summed E-state index contributed by atoms with van der Waals surface area (Å²) in [4.78, 5) is 12.1. The fourth-order valence-corrected chi connectivity index (χ4v) is 2.38. The second-order valence-corrected chi connectivity index (χ2v) is 5.97. The molecular weight excluding hydrogens is 350 g/mol. The molecule has 3 nitrogen and oxygen atoms in total. The van der Waals surface area contributed by atoms with Crippen LogP contribution in [0.2, 0.25) is 0 Å². The SMILES string of the molecule is CCCC(Br)CNC(=O)c1ccc(Br)cc1O. The van der Waals surface area contributed by atoms with Crippen LogP contribution in [0.25, 0.3) is 0 Å². The molecule has 94 valence electrons. The van der Waals surface area contributed by atoms with Crippen LogP contribution in [0.15, 0.2) is 22.7 Å². The van der Waals surface area contributed by atoms with Crippen molar-refractivity contribution in [2.45, 2.75) is 24.6 Å². The first kappa shape index (κ1) is 14.5. The quantitative estimate of drug-likeness (QED) is 0.786. The fourth-order valence-electron chi connectivity index (χ4n) is 1.41. The van der Waals surface area contributed by atoms with Gasteiger partial charge in [-0.25, -0.2) is 0 Å². The van der Waals surface area contributed by atoms with E-state index in [1.165, 1.54) is 6.07 Å². The number of carbonyl (C=O) groups is 1. The maximum absolute atomic E-state index is 11.8. The molecule has 1 amide bonds. The van der Waals surface area contributed by atoms with Crippen LogP contribution < -0.4 is 5.32 Å². The van der Waals surface area contributed by atoms with Crippen molar-refractivity contribution in [3.05, 3.63) is 28.2 Å². The van der Waals surface area contributed by atoms with Crippen molar-refractivity contribution in [3.63, 3.8) is 0 Å². The molecule has 0 heterocycles. The molecule has 1 rings (SSSR count). The number of alkyl halides is 1. The average Bonchev–Trinajstić information content (AvgIpc) is 2.26. The molecule has 0 bridgehead atoms. The van der Waals surface area contributed by atoms with E-state index in [0.717, 1.165) is 17.3 Å².